The Labute approximate surface area is 124 Å². The average Bonchev–Trinajstić information content (AvgIpc) is 2.50. The first-order chi connectivity index (χ1) is 9.95. The summed E-state index contributed by atoms with van der Waals surface area (Å²) in [6.45, 7) is 2.11. The van der Waals surface area contributed by atoms with E-state index in [4.69, 9.17) is 9.84 Å². The number of nitrogens with one attached hydrogen (secondary N) is 1. The summed E-state index contributed by atoms with van der Waals surface area (Å²) in [4.78, 5) is 24.1. The lowest BCUT2D eigenvalue weighted by Crippen LogP contribution is -2.37. The first-order valence-corrected chi connectivity index (χ1v) is 6.84. The van der Waals surface area contributed by atoms with E-state index < -0.39 is 11.9 Å². The van der Waals surface area contributed by atoms with Gasteiger partial charge in [-0.15, -0.1) is 0 Å². The molecule has 6 nitrogen and oxygen atoms in total. The van der Waals surface area contributed by atoms with Crippen molar-refractivity contribution in [1.29, 1.82) is 0 Å². The highest BCUT2D eigenvalue weighted by Gasteiger charge is 2.12. The normalized spacial score (nSPS) is 11.6. The van der Waals surface area contributed by atoms with Crippen molar-refractivity contribution in [2.75, 3.05) is 25.6 Å². The molecule has 0 saturated carbocycles. The minimum Gasteiger partial charge on any atom is -0.497 e. The maximum Gasteiger partial charge on any atom is 0.321 e. The van der Waals surface area contributed by atoms with Gasteiger partial charge in [-0.25, -0.2) is 4.79 Å². The number of nitrogens with zero attached hydrogens (tertiary/aromatic N) is 1. The SMILES string of the molecule is COc1cccc(N(C)C(=O)NCCCC(C)C(=O)O)c1. The van der Waals surface area contributed by atoms with Crippen molar-refractivity contribution in [3.8, 4) is 5.75 Å². The number of methoxy groups -OCH3 is 1. The lowest BCUT2D eigenvalue weighted by atomic mass is 10.1. The topological polar surface area (TPSA) is 78.9 Å². The summed E-state index contributed by atoms with van der Waals surface area (Å²) >= 11 is 0. The Balaban J connectivity index is 2.42. The Bertz CT molecular complexity index is 490. The molecular weight excluding hydrogens is 272 g/mol. The van der Waals surface area contributed by atoms with E-state index in [0.717, 1.165) is 5.69 Å². The summed E-state index contributed by atoms with van der Waals surface area (Å²) in [5.41, 5.74) is 0.728. The Morgan fingerprint density at radius 3 is 2.76 bits per heavy atom. The van der Waals surface area contributed by atoms with Crippen molar-refractivity contribution in [2.45, 2.75) is 19.8 Å². The van der Waals surface area contributed by atoms with Gasteiger partial charge < -0.3 is 15.2 Å². The zero-order chi connectivity index (χ0) is 15.8. The number of hydrogen-bond acceptors (Lipinski definition) is 3. The van der Waals surface area contributed by atoms with E-state index in [0.29, 0.717) is 25.1 Å². The van der Waals surface area contributed by atoms with E-state index in [1.165, 1.54) is 4.90 Å². The van der Waals surface area contributed by atoms with Crippen molar-refractivity contribution in [3.05, 3.63) is 24.3 Å². The highest BCUT2D eigenvalue weighted by atomic mass is 16.5. The smallest absolute Gasteiger partial charge is 0.321 e. The van der Waals surface area contributed by atoms with Gasteiger partial charge >= 0.3 is 12.0 Å². The van der Waals surface area contributed by atoms with Crippen LogP contribution in [-0.4, -0.2) is 37.8 Å². The second-order valence-electron chi connectivity index (χ2n) is 4.87. The van der Waals surface area contributed by atoms with Crippen molar-refractivity contribution in [1.82, 2.24) is 5.32 Å². The van der Waals surface area contributed by atoms with Gasteiger partial charge in [-0.05, 0) is 25.0 Å². The number of urea groups is 1. The van der Waals surface area contributed by atoms with E-state index in [1.807, 2.05) is 18.2 Å². The van der Waals surface area contributed by atoms with E-state index >= 15 is 0 Å². The van der Waals surface area contributed by atoms with Crippen LogP contribution in [0.25, 0.3) is 0 Å². The fraction of sp³-hybridized carbons (Fsp3) is 0.467. The van der Waals surface area contributed by atoms with Crippen LogP contribution in [0.15, 0.2) is 24.3 Å². The zero-order valence-corrected chi connectivity index (χ0v) is 12.6. The molecule has 0 heterocycles. The molecule has 21 heavy (non-hydrogen) atoms. The van der Waals surface area contributed by atoms with Gasteiger partial charge in [0.1, 0.15) is 5.75 Å². The second kappa shape index (κ2) is 8.14. The molecule has 116 valence electrons. The van der Waals surface area contributed by atoms with Gasteiger partial charge in [0, 0.05) is 25.3 Å². The highest BCUT2D eigenvalue weighted by molar-refractivity contribution is 5.91. The molecule has 0 aromatic heterocycles. The van der Waals surface area contributed by atoms with Gasteiger partial charge in [-0.3, -0.25) is 9.69 Å². The van der Waals surface area contributed by atoms with Crippen LogP contribution in [0.2, 0.25) is 0 Å². The molecule has 0 aliphatic heterocycles. The Kier molecular flexibility index (Phi) is 6.52. The molecule has 1 rings (SSSR count). The summed E-state index contributed by atoms with van der Waals surface area (Å²) in [6, 6.07) is 6.97. The van der Waals surface area contributed by atoms with Crippen LogP contribution in [0.5, 0.6) is 5.75 Å². The van der Waals surface area contributed by atoms with Crippen LogP contribution in [0.4, 0.5) is 10.5 Å². The number of amides is 2. The number of carbonyl (C=O) groups excluding carboxylic acids is 1. The standard InChI is InChI=1S/C15H22N2O4/c1-11(14(18)19)6-5-9-16-15(20)17(2)12-7-4-8-13(10-12)21-3/h4,7-8,10-11H,5-6,9H2,1-3H3,(H,16,20)(H,18,19). The minimum absolute atomic E-state index is 0.230. The summed E-state index contributed by atoms with van der Waals surface area (Å²) < 4.78 is 5.12. The van der Waals surface area contributed by atoms with Crippen molar-refractivity contribution in [3.63, 3.8) is 0 Å². The van der Waals surface area contributed by atoms with Gasteiger partial charge in [0.05, 0.1) is 13.0 Å². The fourth-order valence-electron chi connectivity index (χ4n) is 1.78. The number of ether oxygens (including phenoxy) is 1. The van der Waals surface area contributed by atoms with Gasteiger partial charge in [0.15, 0.2) is 0 Å². The van der Waals surface area contributed by atoms with Crippen LogP contribution in [-0.2, 0) is 4.79 Å². The third-order valence-corrected chi connectivity index (χ3v) is 3.26. The van der Waals surface area contributed by atoms with E-state index in [1.54, 1.807) is 27.1 Å². The van der Waals surface area contributed by atoms with Crippen LogP contribution >= 0.6 is 0 Å². The zero-order valence-electron chi connectivity index (χ0n) is 12.6. The molecule has 6 heteroatoms. The number of rotatable bonds is 7. The van der Waals surface area contributed by atoms with E-state index in [-0.39, 0.29) is 6.03 Å². The Morgan fingerprint density at radius 2 is 2.14 bits per heavy atom. The molecule has 0 aliphatic carbocycles. The lowest BCUT2D eigenvalue weighted by Gasteiger charge is -2.18. The average molecular weight is 294 g/mol. The molecule has 2 N–H and O–H groups in total. The molecule has 0 bridgehead atoms. The number of aliphatic carboxylic acids is 1. The summed E-state index contributed by atoms with van der Waals surface area (Å²) in [7, 11) is 3.24. The summed E-state index contributed by atoms with van der Waals surface area (Å²) in [5, 5.41) is 11.5. The van der Waals surface area contributed by atoms with Crippen molar-refractivity contribution < 1.29 is 19.4 Å². The van der Waals surface area contributed by atoms with Crippen molar-refractivity contribution >= 4 is 17.7 Å². The largest absolute Gasteiger partial charge is 0.497 e. The molecular formula is C15H22N2O4. The quantitative estimate of drug-likeness (QED) is 0.757. The maximum atomic E-state index is 12.0. The number of carboxylic acids is 1. The first kappa shape index (κ1) is 16.8. The Hall–Kier alpha value is -2.24. The van der Waals surface area contributed by atoms with Crippen LogP contribution < -0.4 is 15.0 Å². The number of benzene rings is 1. The number of carboxylic acid groups (broad SMARTS) is 1. The minimum atomic E-state index is -0.810. The molecule has 0 fully saturated rings. The molecule has 0 spiro atoms. The van der Waals surface area contributed by atoms with Gasteiger partial charge in [0.2, 0.25) is 0 Å². The molecule has 1 aromatic carbocycles. The monoisotopic (exact) mass is 294 g/mol. The molecule has 0 saturated heterocycles. The van der Waals surface area contributed by atoms with Crippen LogP contribution in [0, 0.1) is 5.92 Å². The predicted molar refractivity (Wildman–Crippen MR) is 80.8 cm³/mol. The van der Waals surface area contributed by atoms with E-state index in [2.05, 4.69) is 5.32 Å². The van der Waals surface area contributed by atoms with Crippen LogP contribution in [0.3, 0.4) is 0 Å². The molecule has 1 unspecified atom stereocenters. The summed E-state index contributed by atoms with van der Waals surface area (Å²) in [5.74, 6) is -0.518. The number of hydrogen-bond donors (Lipinski definition) is 2. The van der Waals surface area contributed by atoms with Crippen LogP contribution in [0.1, 0.15) is 19.8 Å². The van der Waals surface area contributed by atoms with Crippen molar-refractivity contribution in [2.24, 2.45) is 5.92 Å². The van der Waals surface area contributed by atoms with Gasteiger partial charge in [0.25, 0.3) is 0 Å². The molecule has 1 aromatic rings. The van der Waals surface area contributed by atoms with Gasteiger partial charge in [-0.1, -0.05) is 13.0 Å². The number of carbonyl (C=O) groups is 2. The molecule has 2 amide bonds. The molecule has 0 radical (unpaired) electrons. The molecule has 1 atom stereocenters. The third-order valence-electron chi connectivity index (χ3n) is 3.26. The second-order valence-corrected chi connectivity index (χ2v) is 4.87. The molecule has 0 aliphatic rings. The number of anilines is 1. The van der Waals surface area contributed by atoms with E-state index in [9.17, 15) is 9.59 Å². The summed E-state index contributed by atoms with van der Waals surface area (Å²) in [6.07, 6.45) is 1.17. The Morgan fingerprint density at radius 1 is 1.43 bits per heavy atom. The predicted octanol–water partition coefficient (Wildman–Crippen LogP) is 2.34. The fourth-order valence-corrected chi connectivity index (χ4v) is 1.78. The maximum absolute atomic E-state index is 12.0. The highest BCUT2D eigenvalue weighted by Crippen LogP contribution is 2.19. The first-order valence-electron chi connectivity index (χ1n) is 6.84. The lowest BCUT2D eigenvalue weighted by molar-refractivity contribution is -0.141. The third kappa shape index (κ3) is 5.33. The van der Waals surface area contributed by atoms with Gasteiger partial charge in [-0.2, -0.15) is 0 Å².